The second-order valence-corrected chi connectivity index (χ2v) is 11.8. The zero-order valence-electron chi connectivity index (χ0n) is 20.9. The van der Waals surface area contributed by atoms with Gasteiger partial charge in [-0.15, -0.1) is 11.8 Å². The molecule has 1 fully saturated rings. The molecule has 5 rings (SSSR count). The Morgan fingerprint density at radius 2 is 1.92 bits per heavy atom. The van der Waals surface area contributed by atoms with Gasteiger partial charge in [0, 0.05) is 16.9 Å². The number of hydrogen-bond acceptors (Lipinski definition) is 6. The Morgan fingerprint density at radius 1 is 1.17 bits per heavy atom. The molecule has 1 saturated heterocycles. The maximum Gasteiger partial charge on any atom is 0.256 e. The number of nitrogens with zero attached hydrogens (tertiary/aromatic N) is 1. The second kappa shape index (κ2) is 9.35. The molecule has 0 spiro atoms. The molecule has 3 aliphatic rings. The number of amides is 3. The summed E-state index contributed by atoms with van der Waals surface area (Å²) in [5.41, 5.74) is 2.46. The Balaban J connectivity index is 1.31. The summed E-state index contributed by atoms with van der Waals surface area (Å²) in [6.45, 7) is 8.38. The van der Waals surface area contributed by atoms with Gasteiger partial charge in [-0.25, -0.2) is 0 Å². The van der Waals surface area contributed by atoms with E-state index in [0.29, 0.717) is 30.0 Å². The first-order valence-corrected chi connectivity index (χ1v) is 13.1. The predicted octanol–water partition coefficient (Wildman–Crippen LogP) is 3.61. The molecule has 190 valence electrons. The van der Waals surface area contributed by atoms with Gasteiger partial charge >= 0.3 is 0 Å². The zero-order chi connectivity index (χ0) is 25.6. The molecular weight excluding hydrogens is 478 g/mol. The Hall–Kier alpha value is -3.20. The van der Waals surface area contributed by atoms with Crippen molar-refractivity contribution >= 4 is 29.5 Å². The Morgan fingerprint density at radius 3 is 2.69 bits per heavy atom. The molecule has 3 aliphatic heterocycles. The standard InChI is InChI=1S/C27H31N3O5S/c1-5-15(2)21(23(31)28-13-16-10-11-19-20(12-16)35-14-34-19)29-24(32)22-27(3,4)36-26-18-9-7-6-8-17(18)25(33)30(22)26/h6-12,15,21-22,26H,5,13-14H2,1-4H3,(H,28,31)(H,29,32)/t15?,21-,22+,26?/m0/s1. The number of hydrogen-bond donors (Lipinski definition) is 2. The Bertz CT molecular complexity index is 1220. The van der Waals surface area contributed by atoms with Gasteiger partial charge in [0.2, 0.25) is 18.6 Å². The average molecular weight is 510 g/mol. The van der Waals surface area contributed by atoms with Crippen LogP contribution in [-0.4, -0.2) is 46.2 Å². The zero-order valence-corrected chi connectivity index (χ0v) is 21.7. The lowest BCUT2D eigenvalue weighted by molar-refractivity contribution is -0.133. The van der Waals surface area contributed by atoms with Gasteiger partial charge in [0.1, 0.15) is 17.5 Å². The lowest BCUT2D eigenvalue weighted by Crippen LogP contribution is -2.58. The monoisotopic (exact) mass is 509 g/mol. The van der Waals surface area contributed by atoms with E-state index in [1.165, 1.54) is 0 Å². The first-order chi connectivity index (χ1) is 17.2. The number of ether oxygens (including phenoxy) is 2. The van der Waals surface area contributed by atoms with E-state index in [2.05, 4.69) is 10.6 Å². The SMILES string of the molecule is CCC(C)[C@H](NC(=O)[C@H]1N2C(=O)c3ccccc3C2SC1(C)C)C(=O)NCc1ccc2c(c1)OCO2. The van der Waals surface area contributed by atoms with Crippen molar-refractivity contribution in [2.24, 2.45) is 5.92 Å². The normalized spacial score (nSPS) is 22.6. The highest BCUT2D eigenvalue weighted by molar-refractivity contribution is 8.01. The van der Waals surface area contributed by atoms with Crippen LogP contribution >= 0.6 is 11.8 Å². The number of benzene rings is 2. The van der Waals surface area contributed by atoms with Gasteiger partial charge in [0.15, 0.2) is 11.5 Å². The fraction of sp³-hybridized carbons (Fsp3) is 0.444. The largest absolute Gasteiger partial charge is 0.454 e. The number of rotatable bonds is 7. The molecule has 2 unspecified atom stereocenters. The minimum atomic E-state index is -0.726. The van der Waals surface area contributed by atoms with E-state index >= 15 is 0 Å². The minimum absolute atomic E-state index is 0.0925. The number of fused-ring (bicyclic) bond motifs is 4. The molecule has 8 nitrogen and oxygen atoms in total. The van der Waals surface area contributed by atoms with Gasteiger partial charge in [0.25, 0.3) is 5.91 Å². The molecular formula is C27H31N3O5S. The molecule has 2 aromatic carbocycles. The van der Waals surface area contributed by atoms with Crippen molar-refractivity contribution in [1.82, 2.24) is 15.5 Å². The molecule has 4 atom stereocenters. The summed E-state index contributed by atoms with van der Waals surface area (Å²) >= 11 is 1.61. The van der Waals surface area contributed by atoms with Crippen molar-refractivity contribution in [3.05, 3.63) is 59.2 Å². The molecule has 0 saturated carbocycles. The molecule has 2 aromatic rings. The van der Waals surface area contributed by atoms with Crippen molar-refractivity contribution in [2.75, 3.05) is 6.79 Å². The quantitative estimate of drug-likeness (QED) is 0.592. The molecule has 0 aliphatic carbocycles. The van der Waals surface area contributed by atoms with E-state index in [0.717, 1.165) is 11.1 Å². The van der Waals surface area contributed by atoms with Crippen LogP contribution in [0.5, 0.6) is 11.5 Å². The number of thioether (sulfide) groups is 1. The van der Waals surface area contributed by atoms with Gasteiger partial charge in [-0.05, 0) is 49.1 Å². The maximum absolute atomic E-state index is 13.7. The summed E-state index contributed by atoms with van der Waals surface area (Å²) in [6, 6.07) is 11.6. The Kier molecular flexibility index (Phi) is 6.36. The first-order valence-electron chi connectivity index (χ1n) is 12.3. The van der Waals surface area contributed by atoms with Gasteiger partial charge in [-0.3, -0.25) is 14.4 Å². The lowest BCUT2D eigenvalue weighted by atomic mass is 9.95. The van der Waals surface area contributed by atoms with Crippen LogP contribution in [0.25, 0.3) is 0 Å². The van der Waals surface area contributed by atoms with E-state index in [1.807, 2.05) is 70.2 Å². The van der Waals surface area contributed by atoms with E-state index in [1.54, 1.807) is 16.7 Å². The first kappa shape index (κ1) is 24.5. The molecule has 3 amide bonds. The highest BCUT2D eigenvalue weighted by atomic mass is 32.2. The van der Waals surface area contributed by atoms with Crippen molar-refractivity contribution in [3.63, 3.8) is 0 Å². The number of carbonyl (C=O) groups excluding carboxylic acids is 3. The van der Waals surface area contributed by atoms with Crippen LogP contribution in [0.1, 0.15) is 61.0 Å². The lowest BCUT2D eigenvalue weighted by Gasteiger charge is -2.32. The third-order valence-electron chi connectivity index (χ3n) is 7.24. The summed E-state index contributed by atoms with van der Waals surface area (Å²) in [6.07, 6.45) is 0.710. The minimum Gasteiger partial charge on any atom is -0.454 e. The number of nitrogens with one attached hydrogen (secondary N) is 2. The van der Waals surface area contributed by atoms with E-state index in [4.69, 9.17) is 9.47 Å². The fourth-order valence-electron chi connectivity index (χ4n) is 5.09. The molecule has 3 heterocycles. The summed E-state index contributed by atoms with van der Waals surface area (Å²) in [7, 11) is 0. The van der Waals surface area contributed by atoms with Crippen LogP contribution < -0.4 is 20.1 Å². The second-order valence-electron chi connectivity index (χ2n) is 10.1. The third-order valence-corrected chi connectivity index (χ3v) is 8.78. The molecule has 36 heavy (non-hydrogen) atoms. The van der Waals surface area contributed by atoms with E-state index in [9.17, 15) is 14.4 Å². The van der Waals surface area contributed by atoms with Crippen LogP contribution in [0, 0.1) is 5.92 Å². The van der Waals surface area contributed by atoms with Crippen LogP contribution in [-0.2, 0) is 16.1 Å². The average Bonchev–Trinajstić information content (AvgIpc) is 3.52. The molecule has 0 aromatic heterocycles. The highest BCUT2D eigenvalue weighted by Gasteiger charge is 2.57. The van der Waals surface area contributed by atoms with Gasteiger partial charge in [0.05, 0.1) is 0 Å². The summed E-state index contributed by atoms with van der Waals surface area (Å²) in [4.78, 5) is 41.9. The number of carbonyl (C=O) groups is 3. The molecule has 0 bridgehead atoms. The van der Waals surface area contributed by atoms with Crippen molar-refractivity contribution in [1.29, 1.82) is 0 Å². The van der Waals surface area contributed by atoms with Crippen molar-refractivity contribution in [3.8, 4) is 11.5 Å². The van der Waals surface area contributed by atoms with Crippen molar-refractivity contribution < 1.29 is 23.9 Å². The molecule has 2 N–H and O–H groups in total. The van der Waals surface area contributed by atoms with Gasteiger partial charge in [-0.2, -0.15) is 0 Å². The van der Waals surface area contributed by atoms with Crippen LogP contribution in [0.3, 0.4) is 0 Å². The predicted molar refractivity (Wildman–Crippen MR) is 137 cm³/mol. The molecule has 9 heteroatoms. The van der Waals surface area contributed by atoms with E-state index in [-0.39, 0.29) is 35.8 Å². The summed E-state index contributed by atoms with van der Waals surface area (Å²) < 4.78 is 10.2. The van der Waals surface area contributed by atoms with Crippen LogP contribution in [0.2, 0.25) is 0 Å². The van der Waals surface area contributed by atoms with E-state index < -0.39 is 16.8 Å². The maximum atomic E-state index is 13.7. The van der Waals surface area contributed by atoms with Crippen LogP contribution in [0.4, 0.5) is 0 Å². The smallest absolute Gasteiger partial charge is 0.256 e. The third kappa shape index (κ3) is 4.19. The summed E-state index contributed by atoms with van der Waals surface area (Å²) in [5.74, 6) is 0.543. The van der Waals surface area contributed by atoms with Crippen LogP contribution in [0.15, 0.2) is 42.5 Å². The molecule has 0 radical (unpaired) electrons. The van der Waals surface area contributed by atoms with Gasteiger partial charge in [-0.1, -0.05) is 44.5 Å². The highest BCUT2D eigenvalue weighted by Crippen LogP contribution is 2.56. The van der Waals surface area contributed by atoms with Gasteiger partial charge < -0.3 is 25.0 Å². The van der Waals surface area contributed by atoms with Crippen molar-refractivity contribution in [2.45, 2.75) is 62.9 Å². The summed E-state index contributed by atoms with van der Waals surface area (Å²) in [5, 5.41) is 5.75. The topological polar surface area (TPSA) is 97.0 Å². The fourth-order valence-corrected chi connectivity index (χ4v) is 6.68. The Labute approximate surface area is 215 Å².